The summed E-state index contributed by atoms with van der Waals surface area (Å²) in [7, 11) is 2.93. The van der Waals surface area contributed by atoms with E-state index in [0.717, 1.165) is 37.6 Å². The van der Waals surface area contributed by atoms with E-state index in [1.165, 1.54) is 14.1 Å². The molecule has 160 valence electrons. The van der Waals surface area contributed by atoms with Crippen LogP contribution in [0.3, 0.4) is 0 Å². The third-order valence-corrected chi connectivity index (χ3v) is 6.97. The molecule has 0 aromatic heterocycles. The van der Waals surface area contributed by atoms with Crippen molar-refractivity contribution in [2.75, 3.05) is 14.1 Å². The van der Waals surface area contributed by atoms with Crippen molar-refractivity contribution in [3.63, 3.8) is 0 Å². The van der Waals surface area contributed by atoms with Crippen LogP contribution >= 0.6 is 0 Å². The average Bonchev–Trinajstić information content (AvgIpc) is 2.85. The summed E-state index contributed by atoms with van der Waals surface area (Å²) in [6.45, 7) is 0. The number of rotatable bonds is 2. The third kappa shape index (κ3) is 2.88. The number of nitrogens with zero attached hydrogens (tertiary/aromatic N) is 2. The number of hydrogen-bond donors (Lipinski definition) is 0. The van der Waals surface area contributed by atoms with Crippen LogP contribution in [0, 0.1) is 5.41 Å². The van der Waals surface area contributed by atoms with Crippen LogP contribution in [0.1, 0.15) is 22.6 Å². The highest BCUT2D eigenvalue weighted by Gasteiger charge is 2.61. The number of carbonyl (C=O) groups is 3. The Morgan fingerprint density at radius 3 is 1.84 bits per heavy atom. The number of barbiturate groups is 1. The number of fused-ring (bicyclic) bond motifs is 1. The molecule has 1 aliphatic heterocycles. The smallest absolute Gasteiger partial charge is 0.273 e. The molecule has 1 atom stereocenters. The van der Waals surface area contributed by atoms with Crippen LogP contribution in [-0.2, 0) is 22.4 Å². The first-order valence-electron chi connectivity index (χ1n) is 10.8. The Morgan fingerprint density at radius 2 is 1.22 bits per heavy atom. The maximum absolute atomic E-state index is 13.6. The van der Waals surface area contributed by atoms with E-state index >= 15 is 0 Å². The van der Waals surface area contributed by atoms with Gasteiger partial charge in [0, 0.05) is 20.0 Å². The maximum atomic E-state index is 13.6. The van der Waals surface area contributed by atoms with Gasteiger partial charge in [-0.1, -0.05) is 78.9 Å². The maximum Gasteiger partial charge on any atom is 0.332 e. The van der Waals surface area contributed by atoms with E-state index in [4.69, 9.17) is 0 Å². The Kier molecular flexibility index (Phi) is 4.70. The molecule has 3 aromatic carbocycles. The van der Waals surface area contributed by atoms with Gasteiger partial charge >= 0.3 is 6.03 Å². The van der Waals surface area contributed by atoms with Crippen LogP contribution in [0.4, 0.5) is 4.79 Å². The fourth-order valence-electron chi connectivity index (χ4n) is 5.23. The fraction of sp³-hybridized carbons (Fsp3) is 0.222. The summed E-state index contributed by atoms with van der Waals surface area (Å²) in [5.74, 6) is -1.20. The first-order valence-corrected chi connectivity index (χ1v) is 10.8. The molecule has 0 saturated carbocycles. The first-order chi connectivity index (χ1) is 15.4. The van der Waals surface area contributed by atoms with Crippen LogP contribution in [0.15, 0.2) is 78.9 Å². The van der Waals surface area contributed by atoms with Gasteiger partial charge < -0.3 is 0 Å². The SMILES string of the molecule is CN1C(=O)N(C)C(=O)C2(Cc3ccccc3CC2c2ccc(-c3ccccc3)cc2)C1=O. The van der Waals surface area contributed by atoms with Gasteiger partial charge in [0.2, 0.25) is 11.8 Å². The Bertz CT molecular complexity index is 1190. The van der Waals surface area contributed by atoms with Gasteiger partial charge in [-0.05, 0) is 40.7 Å². The molecule has 1 heterocycles. The Labute approximate surface area is 187 Å². The highest BCUT2D eigenvalue weighted by molar-refractivity contribution is 6.19. The molecule has 5 rings (SSSR count). The molecule has 5 heteroatoms. The van der Waals surface area contributed by atoms with Gasteiger partial charge in [-0.25, -0.2) is 4.79 Å². The molecule has 1 aliphatic carbocycles. The molecule has 4 amide bonds. The minimum absolute atomic E-state index is 0.286. The van der Waals surface area contributed by atoms with E-state index in [9.17, 15) is 14.4 Å². The van der Waals surface area contributed by atoms with Crippen molar-refractivity contribution < 1.29 is 14.4 Å². The highest BCUT2D eigenvalue weighted by Crippen LogP contribution is 2.50. The van der Waals surface area contributed by atoms with Gasteiger partial charge in [0.05, 0.1) is 0 Å². The van der Waals surface area contributed by atoms with Crippen LogP contribution < -0.4 is 0 Å². The normalized spacial score (nSPS) is 19.9. The van der Waals surface area contributed by atoms with E-state index in [2.05, 4.69) is 18.2 Å². The summed E-state index contributed by atoms with van der Waals surface area (Å²) in [6, 6.07) is 25.6. The van der Waals surface area contributed by atoms with Crippen molar-refractivity contribution in [1.29, 1.82) is 0 Å². The third-order valence-electron chi connectivity index (χ3n) is 6.97. The van der Waals surface area contributed by atoms with Gasteiger partial charge in [0.1, 0.15) is 5.41 Å². The molecule has 5 nitrogen and oxygen atoms in total. The van der Waals surface area contributed by atoms with E-state index in [0.29, 0.717) is 6.42 Å². The average molecular weight is 425 g/mol. The lowest BCUT2D eigenvalue weighted by Gasteiger charge is -2.48. The van der Waals surface area contributed by atoms with Crippen molar-refractivity contribution in [3.8, 4) is 11.1 Å². The van der Waals surface area contributed by atoms with Crippen LogP contribution in [0.25, 0.3) is 11.1 Å². The van der Waals surface area contributed by atoms with Crippen LogP contribution in [-0.4, -0.2) is 41.7 Å². The summed E-state index contributed by atoms with van der Waals surface area (Å²) in [5, 5.41) is 0. The molecule has 0 radical (unpaired) electrons. The van der Waals surface area contributed by atoms with Crippen LogP contribution in [0.2, 0.25) is 0 Å². The van der Waals surface area contributed by atoms with Crippen molar-refractivity contribution >= 4 is 17.8 Å². The number of carbonyl (C=O) groups excluding carboxylic acids is 3. The molecule has 1 fully saturated rings. The van der Waals surface area contributed by atoms with Gasteiger partial charge in [-0.15, -0.1) is 0 Å². The molecule has 1 spiro atoms. The lowest BCUT2D eigenvalue weighted by Crippen LogP contribution is -2.66. The molecular weight excluding hydrogens is 400 g/mol. The molecular formula is C27H24N2O3. The fourth-order valence-corrected chi connectivity index (χ4v) is 5.23. The summed E-state index contributed by atoms with van der Waals surface area (Å²) in [5.41, 5.74) is 3.90. The summed E-state index contributed by atoms with van der Waals surface area (Å²) in [6.07, 6.45) is 0.849. The number of benzene rings is 3. The Hall–Kier alpha value is -3.73. The molecule has 0 N–H and O–H groups in total. The molecule has 0 bridgehead atoms. The second-order valence-electron chi connectivity index (χ2n) is 8.67. The van der Waals surface area contributed by atoms with Crippen molar-refractivity contribution in [1.82, 2.24) is 9.80 Å². The number of hydrogen-bond acceptors (Lipinski definition) is 3. The van der Waals surface area contributed by atoms with E-state index < -0.39 is 23.3 Å². The summed E-state index contributed by atoms with van der Waals surface area (Å²) < 4.78 is 0. The highest BCUT2D eigenvalue weighted by atomic mass is 16.2. The van der Waals surface area contributed by atoms with Gasteiger partial charge in [0.15, 0.2) is 0 Å². The lowest BCUT2D eigenvalue weighted by molar-refractivity contribution is -0.159. The monoisotopic (exact) mass is 424 g/mol. The summed E-state index contributed by atoms with van der Waals surface area (Å²) >= 11 is 0. The van der Waals surface area contributed by atoms with Crippen molar-refractivity contribution in [2.24, 2.45) is 5.41 Å². The zero-order chi connectivity index (χ0) is 22.5. The predicted octanol–water partition coefficient (Wildman–Crippen LogP) is 4.27. The number of amides is 4. The van der Waals surface area contributed by atoms with Crippen LogP contribution in [0.5, 0.6) is 0 Å². The van der Waals surface area contributed by atoms with Crippen molar-refractivity contribution in [3.05, 3.63) is 95.6 Å². The lowest BCUT2D eigenvalue weighted by atomic mass is 9.60. The predicted molar refractivity (Wildman–Crippen MR) is 122 cm³/mol. The van der Waals surface area contributed by atoms with Gasteiger partial charge in [-0.2, -0.15) is 0 Å². The standard InChI is InChI=1S/C27H24N2O3/c1-28-24(30)27(25(31)29(2)26(28)32)17-22-11-7-6-10-21(22)16-23(27)20-14-12-19(13-15-20)18-8-4-3-5-9-18/h3-15,23H,16-17H2,1-2H3. The topological polar surface area (TPSA) is 57.7 Å². The van der Waals surface area contributed by atoms with Gasteiger partial charge in [-0.3, -0.25) is 19.4 Å². The first kappa shape index (κ1) is 20.2. The number of urea groups is 1. The molecule has 32 heavy (non-hydrogen) atoms. The number of imide groups is 2. The summed E-state index contributed by atoms with van der Waals surface area (Å²) in [4.78, 5) is 41.9. The van der Waals surface area contributed by atoms with E-state index in [1.54, 1.807) is 0 Å². The van der Waals surface area contributed by atoms with Crippen molar-refractivity contribution in [2.45, 2.75) is 18.8 Å². The van der Waals surface area contributed by atoms with E-state index in [-0.39, 0.29) is 12.3 Å². The molecule has 1 saturated heterocycles. The van der Waals surface area contributed by atoms with Gasteiger partial charge in [0.25, 0.3) is 0 Å². The van der Waals surface area contributed by atoms with E-state index in [1.807, 2.05) is 60.7 Å². The Morgan fingerprint density at radius 1 is 0.688 bits per heavy atom. The zero-order valence-corrected chi connectivity index (χ0v) is 18.1. The minimum atomic E-state index is -1.33. The second kappa shape index (κ2) is 7.45. The molecule has 2 aliphatic rings. The zero-order valence-electron chi connectivity index (χ0n) is 18.1. The molecule has 3 aromatic rings. The Balaban J connectivity index is 1.64. The largest absolute Gasteiger partial charge is 0.332 e. The quantitative estimate of drug-likeness (QED) is 0.577. The second-order valence-corrected chi connectivity index (χ2v) is 8.67. The molecule has 1 unspecified atom stereocenters. The minimum Gasteiger partial charge on any atom is -0.273 e.